The molecule has 0 saturated carbocycles. The van der Waals surface area contributed by atoms with Crippen molar-refractivity contribution in [2.45, 2.75) is 6.61 Å². The summed E-state index contributed by atoms with van der Waals surface area (Å²) in [7, 11) is 0. The van der Waals surface area contributed by atoms with Gasteiger partial charge >= 0.3 is 0 Å². The molecule has 6 nitrogen and oxygen atoms in total. The Morgan fingerprint density at radius 1 is 1.44 bits per heavy atom. The highest BCUT2D eigenvalue weighted by atomic mass is 35.5. The minimum atomic E-state index is -0.562. The fourth-order valence-electron chi connectivity index (χ4n) is 1.16. The van der Waals surface area contributed by atoms with Gasteiger partial charge in [-0.3, -0.25) is 10.1 Å². The van der Waals surface area contributed by atoms with Crippen molar-refractivity contribution in [3.05, 3.63) is 43.4 Å². The number of nitro benzene ring substituents is 1. The maximum atomic E-state index is 10.6. The van der Waals surface area contributed by atoms with Gasteiger partial charge in [0.15, 0.2) is 0 Å². The Morgan fingerprint density at radius 3 is 2.78 bits per heavy atom. The molecule has 0 spiro atoms. The second kappa shape index (κ2) is 5.47. The molecule has 0 saturated heterocycles. The van der Waals surface area contributed by atoms with Gasteiger partial charge in [0.05, 0.1) is 4.92 Å². The molecule has 1 aromatic carbocycles. The number of benzene rings is 1. The lowest BCUT2D eigenvalue weighted by atomic mass is 10.3. The maximum absolute atomic E-state index is 10.6. The summed E-state index contributed by atoms with van der Waals surface area (Å²) in [6, 6.07) is 4.10. The predicted molar refractivity (Wildman–Crippen MR) is 67.4 cm³/mol. The van der Waals surface area contributed by atoms with Crippen LogP contribution in [0.4, 0.5) is 5.69 Å². The van der Waals surface area contributed by atoms with Gasteiger partial charge in [0.2, 0.25) is 0 Å². The molecule has 0 aliphatic heterocycles. The molecule has 0 N–H and O–H groups in total. The highest BCUT2D eigenvalue weighted by Crippen LogP contribution is 2.29. The number of rotatable bonds is 4. The first-order valence-electron chi connectivity index (χ1n) is 4.61. The number of halogens is 2. The first-order chi connectivity index (χ1) is 8.58. The van der Waals surface area contributed by atoms with E-state index in [1.165, 1.54) is 18.2 Å². The molecule has 1 aromatic heterocycles. The van der Waals surface area contributed by atoms with Gasteiger partial charge in [-0.05, 0) is 6.07 Å². The highest BCUT2D eigenvalue weighted by Gasteiger charge is 2.13. The number of hydrogen-bond donors (Lipinski definition) is 0. The van der Waals surface area contributed by atoms with E-state index in [1.54, 1.807) is 0 Å². The Balaban J connectivity index is 2.09. The normalized spacial score (nSPS) is 10.3. The second-order valence-corrected chi connectivity index (χ2v) is 4.92. The lowest BCUT2D eigenvalue weighted by Crippen LogP contribution is -1.97. The van der Waals surface area contributed by atoms with Gasteiger partial charge in [-0.15, -0.1) is 5.10 Å². The lowest BCUT2D eigenvalue weighted by Gasteiger charge is -2.04. The topological polar surface area (TPSA) is 78.2 Å². The van der Waals surface area contributed by atoms with Crippen LogP contribution in [0.5, 0.6) is 5.75 Å². The molecular formula is C9H5Cl2N3O3S. The summed E-state index contributed by atoms with van der Waals surface area (Å²) in [6.45, 7) is 0.128. The third-order valence-corrected chi connectivity index (χ3v) is 3.29. The van der Waals surface area contributed by atoms with Crippen LogP contribution >= 0.6 is 34.7 Å². The molecule has 0 bridgehead atoms. The van der Waals surface area contributed by atoms with E-state index < -0.39 is 4.92 Å². The Morgan fingerprint density at radius 2 is 2.22 bits per heavy atom. The zero-order valence-electron chi connectivity index (χ0n) is 8.67. The van der Waals surface area contributed by atoms with Crippen molar-refractivity contribution in [1.29, 1.82) is 0 Å². The number of nitro groups is 1. The zero-order valence-corrected chi connectivity index (χ0v) is 11.0. The SMILES string of the molecule is O=[N+]([O-])c1ccc(OCc2nnsc2Cl)cc1Cl. The van der Waals surface area contributed by atoms with Crippen LogP contribution < -0.4 is 4.74 Å². The van der Waals surface area contributed by atoms with Crippen molar-refractivity contribution >= 4 is 40.4 Å². The monoisotopic (exact) mass is 305 g/mol. The summed E-state index contributed by atoms with van der Waals surface area (Å²) in [5.41, 5.74) is 0.341. The Hall–Kier alpha value is -1.44. The van der Waals surface area contributed by atoms with Gasteiger partial charge in [0.1, 0.15) is 27.4 Å². The van der Waals surface area contributed by atoms with E-state index >= 15 is 0 Å². The van der Waals surface area contributed by atoms with E-state index in [4.69, 9.17) is 27.9 Å². The molecule has 9 heteroatoms. The summed E-state index contributed by atoms with van der Waals surface area (Å²) in [4.78, 5) is 10.0. The van der Waals surface area contributed by atoms with Gasteiger partial charge in [0.25, 0.3) is 5.69 Å². The van der Waals surface area contributed by atoms with Crippen LogP contribution in [-0.2, 0) is 6.61 Å². The van der Waals surface area contributed by atoms with Crippen molar-refractivity contribution in [3.63, 3.8) is 0 Å². The van der Waals surface area contributed by atoms with Crippen molar-refractivity contribution in [3.8, 4) is 5.75 Å². The van der Waals surface area contributed by atoms with E-state index in [0.29, 0.717) is 15.8 Å². The van der Waals surface area contributed by atoms with Crippen LogP contribution in [0.2, 0.25) is 9.36 Å². The zero-order chi connectivity index (χ0) is 13.1. The van der Waals surface area contributed by atoms with E-state index in [2.05, 4.69) is 9.59 Å². The fourth-order valence-corrected chi connectivity index (χ4v) is 2.00. The molecule has 0 atom stereocenters. The smallest absolute Gasteiger partial charge is 0.288 e. The molecule has 18 heavy (non-hydrogen) atoms. The molecule has 0 unspecified atom stereocenters. The standard InChI is InChI=1S/C9H5Cl2N3O3S/c10-6-3-5(1-2-8(6)14(15)16)17-4-7-9(11)18-13-12-7/h1-3H,4H2. The summed E-state index contributed by atoms with van der Waals surface area (Å²) < 4.78 is 9.46. The minimum Gasteiger partial charge on any atom is -0.487 e. The van der Waals surface area contributed by atoms with Crippen LogP contribution in [-0.4, -0.2) is 14.5 Å². The van der Waals surface area contributed by atoms with E-state index in [1.807, 2.05) is 0 Å². The third-order valence-electron chi connectivity index (χ3n) is 2.00. The largest absolute Gasteiger partial charge is 0.487 e. The van der Waals surface area contributed by atoms with E-state index in [9.17, 15) is 10.1 Å². The lowest BCUT2D eigenvalue weighted by molar-refractivity contribution is -0.384. The Labute approximate surface area is 115 Å². The van der Waals surface area contributed by atoms with Gasteiger partial charge in [-0.2, -0.15) is 0 Å². The van der Waals surface area contributed by atoms with Gasteiger partial charge in [0, 0.05) is 23.7 Å². The van der Waals surface area contributed by atoms with Crippen molar-refractivity contribution < 1.29 is 9.66 Å². The molecule has 0 fully saturated rings. The van der Waals surface area contributed by atoms with Crippen LogP contribution in [0.15, 0.2) is 18.2 Å². The maximum Gasteiger partial charge on any atom is 0.288 e. The van der Waals surface area contributed by atoms with E-state index in [0.717, 1.165) is 11.5 Å². The van der Waals surface area contributed by atoms with Crippen molar-refractivity contribution in [2.75, 3.05) is 0 Å². The quantitative estimate of drug-likeness (QED) is 0.639. The fraction of sp³-hybridized carbons (Fsp3) is 0.111. The molecule has 0 radical (unpaired) electrons. The number of ether oxygens (including phenoxy) is 1. The second-order valence-electron chi connectivity index (χ2n) is 3.15. The molecular weight excluding hydrogens is 301 g/mol. The average Bonchev–Trinajstić information content (AvgIpc) is 2.72. The predicted octanol–water partition coefficient (Wildman–Crippen LogP) is 3.33. The molecule has 2 aromatic rings. The van der Waals surface area contributed by atoms with Crippen LogP contribution in [0.3, 0.4) is 0 Å². The molecule has 0 aliphatic carbocycles. The minimum absolute atomic E-state index is 0.0139. The van der Waals surface area contributed by atoms with Gasteiger partial charge < -0.3 is 4.74 Å². The average molecular weight is 306 g/mol. The Kier molecular flexibility index (Phi) is 3.95. The summed E-state index contributed by atoms with van der Waals surface area (Å²) in [6.07, 6.45) is 0. The number of nitrogens with zero attached hydrogens (tertiary/aromatic N) is 3. The Bertz CT molecular complexity index is 590. The summed E-state index contributed by atoms with van der Waals surface area (Å²) in [5, 5.41) is 14.4. The first kappa shape index (κ1) is 13.0. The molecule has 1 heterocycles. The van der Waals surface area contributed by atoms with Gasteiger partial charge in [-0.25, -0.2) is 0 Å². The molecule has 2 rings (SSSR count). The number of aromatic nitrogens is 2. The van der Waals surface area contributed by atoms with Crippen LogP contribution in [0, 0.1) is 10.1 Å². The summed E-state index contributed by atoms with van der Waals surface area (Å²) >= 11 is 12.6. The summed E-state index contributed by atoms with van der Waals surface area (Å²) in [5.74, 6) is 0.398. The van der Waals surface area contributed by atoms with Crippen LogP contribution in [0.1, 0.15) is 5.69 Å². The van der Waals surface area contributed by atoms with Gasteiger partial charge in [-0.1, -0.05) is 27.7 Å². The first-order valence-corrected chi connectivity index (χ1v) is 6.14. The van der Waals surface area contributed by atoms with Crippen LogP contribution in [0.25, 0.3) is 0 Å². The molecule has 94 valence electrons. The third kappa shape index (κ3) is 2.87. The molecule has 0 aliphatic rings. The molecule has 0 amide bonds. The highest BCUT2D eigenvalue weighted by molar-refractivity contribution is 7.10. The van der Waals surface area contributed by atoms with Crippen molar-refractivity contribution in [1.82, 2.24) is 9.59 Å². The van der Waals surface area contributed by atoms with E-state index in [-0.39, 0.29) is 17.3 Å². The van der Waals surface area contributed by atoms with Crippen molar-refractivity contribution in [2.24, 2.45) is 0 Å². The number of hydrogen-bond acceptors (Lipinski definition) is 6.